The first kappa shape index (κ1) is 6.90. The van der Waals surface area contributed by atoms with Crippen molar-refractivity contribution in [2.45, 2.75) is 5.51 Å². The highest BCUT2D eigenvalue weighted by Crippen LogP contribution is 2.16. The normalized spacial score (nSPS) is 16.6. The lowest BCUT2D eigenvalue weighted by atomic mass is 11.6. The Labute approximate surface area is 39.6 Å². The van der Waals surface area contributed by atoms with Crippen molar-refractivity contribution >= 4 is 11.1 Å². The molecule has 6 heteroatoms. The Morgan fingerprint density at radius 2 is 1.57 bits per heavy atom. The SMILES string of the molecule is O=S(O)C(F)(F)F. The Bertz CT molecular complexity index is 85.4. The molecule has 0 fully saturated rings. The van der Waals surface area contributed by atoms with Gasteiger partial charge in [0, 0.05) is 0 Å². The summed E-state index contributed by atoms with van der Waals surface area (Å²) in [6.07, 6.45) is 0. The van der Waals surface area contributed by atoms with Gasteiger partial charge in [-0.15, -0.1) is 0 Å². The Kier molecular flexibility index (Phi) is 1.76. The third-order valence-corrected chi connectivity index (χ3v) is 0.594. The molecule has 0 aromatic rings. The van der Waals surface area contributed by atoms with Gasteiger partial charge in [-0.1, -0.05) is 0 Å². The molecule has 0 bridgehead atoms. The monoisotopic (exact) mass is 134 g/mol. The van der Waals surface area contributed by atoms with E-state index in [1.807, 2.05) is 0 Å². The van der Waals surface area contributed by atoms with E-state index in [0.29, 0.717) is 0 Å². The van der Waals surface area contributed by atoms with Gasteiger partial charge in [0.05, 0.1) is 0 Å². The molecule has 0 saturated carbocycles. The number of alkyl halides is 3. The van der Waals surface area contributed by atoms with Crippen LogP contribution in [0.5, 0.6) is 0 Å². The Balaban J connectivity index is 3.79. The average molecular weight is 134 g/mol. The molecule has 0 heterocycles. The first-order valence-electron chi connectivity index (χ1n) is 1.12. The quantitative estimate of drug-likeness (QED) is 0.496. The maximum Gasteiger partial charge on any atom is 0.496 e. The summed E-state index contributed by atoms with van der Waals surface area (Å²) in [5.74, 6) is 0. The van der Waals surface area contributed by atoms with Crippen molar-refractivity contribution in [2.75, 3.05) is 0 Å². The number of halogens is 3. The third kappa shape index (κ3) is 2.58. The van der Waals surface area contributed by atoms with Crippen molar-refractivity contribution in [1.82, 2.24) is 0 Å². The van der Waals surface area contributed by atoms with Gasteiger partial charge in [0.25, 0.3) is 11.1 Å². The first-order valence-corrected chi connectivity index (χ1v) is 2.23. The van der Waals surface area contributed by atoms with Gasteiger partial charge in [-0.25, -0.2) is 4.21 Å². The molecule has 1 unspecified atom stereocenters. The van der Waals surface area contributed by atoms with Crippen molar-refractivity contribution in [2.24, 2.45) is 0 Å². The standard InChI is InChI=1S/CHF3O2S/c2-1(3,4)7(5)6/h(H,5,6). The van der Waals surface area contributed by atoms with E-state index in [2.05, 4.69) is 0 Å². The van der Waals surface area contributed by atoms with E-state index in [4.69, 9.17) is 8.76 Å². The molecule has 0 aliphatic rings. The fourth-order valence-electron chi connectivity index (χ4n) is 0. The molecule has 1 N–H and O–H groups in total. The highest BCUT2D eigenvalue weighted by molar-refractivity contribution is 7.80. The summed E-state index contributed by atoms with van der Waals surface area (Å²) in [5.41, 5.74) is -4.97. The van der Waals surface area contributed by atoms with Gasteiger partial charge in [-0.3, -0.25) is 4.55 Å². The minimum Gasteiger partial charge on any atom is -0.299 e. The van der Waals surface area contributed by atoms with E-state index in [9.17, 15) is 13.2 Å². The first-order chi connectivity index (χ1) is 2.94. The van der Waals surface area contributed by atoms with Gasteiger partial charge in [-0.05, 0) is 0 Å². The average Bonchev–Trinajstić information content (AvgIpc) is 1.31. The van der Waals surface area contributed by atoms with E-state index in [1.165, 1.54) is 0 Å². The summed E-state index contributed by atoms with van der Waals surface area (Å²) in [4.78, 5) is 0. The van der Waals surface area contributed by atoms with Crippen LogP contribution < -0.4 is 0 Å². The lowest BCUT2D eigenvalue weighted by molar-refractivity contribution is -0.0446. The molecular weight excluding hydrogens is 133 g/mol. The molecule has 7 heavy (non-hydrogen) atoms. The van der Waals surface area contributed by atoms with Gasteiger partial charge < -0.3 is 0 Å². The minimum atomic E-state index is -4.97. The maximum atomic E-state index is 10.6. The second-order valence-electron chi connectivity index (χ2n) is 0.695. The molecule has 0 spiro atoms. The van der Waals surface area contributed by atoms with Crippen LogP contribution in [-0.2, 0) is 11.1 Å². The molecule has 0 aromatic heterocycles. The van der Waals surface area contributed by atoms with Crippen molar-refractivity contribution < 1.29 is 21.9 Å². The van der Waals surface area contributed by atoms with Crippen LogP contribution in [0.4, 0.5) is 13.2 Å². The fourth-order valence-corrected chi connectivity index (χ4v) is 0. The van der Waals surface area contributed by atoms with Gasteiger partial charge in [-0.2, -0.15) is 13.2 Å². The highest BCUT2D eigenvalue weighted by atomic mass is 32.2. The number of rotatable bonds is 0. The molecule has 0 saturated heterocycles. The maximum absolute atomic E-state index is 10.6. The summed E-state index contributed by atoms with van der Waals surface area (Å²) in [6.45, 7) is 0. The van der Waals surface area contributed by atoms with Gasteiger partial charge >= 0.3 is 5.51 Å². The predicted molar refractivity (Wildman–Crippen MR) is 16.8 cm³/mol. The predicted octanol–water partition coefficient (Wildman–Crippen LogP) is 0.728. The van der Waals surface area contributed by atoms with Crippen molar-refractivity contribution in [3.05, 3.63) is 0 Å². The van der Waals surface area contributed by atoms with Crippen LogP contribution in [0.3, 0.4) is 0 Å². The summed E-state index contributed by atoms with van der Waals surface area (Å²) in [7, 11) is 0. The molecule has 0 aliphatic heterocycles. The topological polar surface area (TPSA) is 37.3 Å². The number of hydrogen-bond acceptors (Lipinski definition) is 1. The second kappa shape index (κ2) is 1.79. The van der Waals surface area contributed by atoms with Crippen LogP contribution in [0.15, 0.2) is 0 Å². The van der Waals surface area contributed by atoms with Crippen molar-refractivity contribution in [1.29, 1.82) is 0 Å². The van der Waals surface area contributed by atoms with Crippen LogP contribution in [0.1, 0.15) is 0 Å². The number of hydrogen-bond donors (Lipinski definition) is 1. The zero-order valence-corrected chi connectivity index (χ0v) is 3.71. The largest absolute Gasteiger partial charge is 0.496 e. The zero-order chi connectivity index (χ0) is 6.08. The molecule has 0 aromatic carbocycles. The highest BCUT2D eigenvalue weighted by Gasteiger charge is 2.35. The van der Waals surface area contributed by atoms with Gasteiger partial charge in [0.2, 0.25) is 0 Å². The zero-order valence-electron chi connectivity index (χ0n) is 2.90. The summed E-state index contributed by atoms with van der Waals surface area (Å²) >= 11 is -3.68. The van der Waals surface area contributed by atoms with E-state index < -0.39 is 16.6 Å². The van der Waals surface area contributed by atoms with Gasteiger partial charge in [0.1, 0.15) is 0 Å². The van der Waals surface area contributed by atoms with E-state index in [-0.39, 0.29) is 0 Å². The fraction of sp³-hybridized carbons (Fsp3) is 1.00. The van der Waals surface area contributed by atoms with E-state index in [1.54, 1.807) is 0 Å². The molecule has 1 atom stereocenters. The lowest BCUT2D eigenvalue weighted by Crippen LogP contribution is -2.14. The summed E-state index contributed by atoms with van der Waals surface area (Å²) in [6, 6.07) is 0. The van der Waals surface area contributed by atoms with Crippen LogP contribution in [-0.4, -0.2) is 14.3 Å². The molecule has 0 radical (unpaired) electrons. The molecular formula is CHF3O2S. The van der Waals surface area contributed by atoms with Crippen LogP contribution in [0.2, 0.25) is 0 Å². The molecule has 2 nitrogen and oxygen atoms in total. The Hall–Kier alpha value is -0.100. The minimum absolute atomic E-state index is 3.68. The van der Waals surface area contributed by atoms with Gasteiger partial charge in [0.15, 0.2) is 0 Å². The van der Waals surface area contributed by atoms with Crippen LogP contribution >= 0.6 is 0 Å². The van der Waals surface area contributed by atoms with Crippen LogP contribution in [0, 0.1) is 0 Å². The Morgan fingerprint density at radius 1 is 1.43 bits per heavy atom. The molecule has 0 amide bonds. The van der Waals surface area contributed by atoms with Crippen molar-refractivity contribution in [3.8, 4) is 0 Å². The van der Waals surface area contributed by atoms with Crippen LogP contribution in [0.25, 0.3) is 0 Å². The van der Waals surface area contributed by atoms with E-state index >= 15 is 0 Å². The summed E-state index contributed by atoms with van der Waals surface area (Å²) in [5, 5.41) is 0. The summed E-state index contributed by atoms with van der Waals surface area (Å²) < 4.78 is 48.1. The van der Waals surface area contributed by atoms with E-state index in [0.717, 1.165) is 0 Å². The smallest absolute Gasteiger partial charge is 0.299 e. The second-order valence-corrected chi connectivity index (χ2v) is 1.66. The molecule has 0 rings (SSSR count). The lowest BCUT2D eigenvalue weighted by Gasteiger charge is -1.94. The Morgan fingerprint density at radius 3 is 1.57 bits per heavy atom. The third-order valence-electron chi connectivity index (χ3n) is 0.198. The molecule has 44 valence electrons. The molecule has 0 aliphatic carbocycles. The van der Waals surface area contributed by atoms with Crippen molar-refractivity contribution in [3.63, 3.8) is 0 Å².